The number of carbonyl (C=O) groups excluding carboxylic acids is 1. The fourth-order valence-corrected chi connectivity index (χ4v) is 1.70. The predicted octanol–water partition coefficient (Wildman–Crippen LogP) is 1.69. The summed E-state index contributed by atoms with van der Waals surface area (Å²) in [7, 11) is 0. The molecule has 21 heavy (non-hydrogen) atoms. The van der Waals surface area contributed by atoms with Gasteiger partial charge in [-0.2, -0.15) is 0 Å². The summed E-state index contributed by atoms with van der Waals surface area (Å²) in [5.41, 5.74) is 1.27. The molecule has 2 rings (SSSR count). The van der Waals surface area contributed by atoms with E-state index in [0.717, 1.165) is 0 Å². The molecule has 0 aliphatic carbocycles. The maximum absolute atomic E-state index is 12.1. The van der Waals surface area contributed by atoms with E-state index in [1.54, 1.807) is 24.3 Å². The van der Waals surface area contributed by atoms with Gasteiger partial charge in [0.15, 0.2) is 11.5 Å². The summed E-state index contributed by atoms with van der Waals surface area (Å²) >= 11 is 0. The van der Waals surface area contributed by atoms with E-state index in [1.165, 1.54) is 18.2 Å². The number of aromatic hydroxyl groups is 2. The molecule has 0 heterocycles. The molecular formula is C16H13NO4. The molecule has 106 valence electrons. The van der Waals surface area contributed by atoms with Crippen LogP contribution in [0, 0.1) is 11.8 Å². The van der Waals surface area contributed by atoms with Crippen LogP contribution >= 0.6 is 0 Å². The minimum Gasteiger partial charge on any atom is -0.504 e. The summed E-state index contributed by atoms with van der Waals surface area (Å²) in [5, 5.41) is 30.0. The highest BCUT2D eigenvalue weighted by Gasteiger charge is 2.10. The van der Waals surface area contributed by atoms with Crippen molar-refractivity contribution >= 4 is 11.6 Å². The number of phenols is 2. The predicted molar refractivity (Wildman–Crippen MR) is 78.1 cm³/mol. The Kier molecular flexibility index (Phi) is 4.44. The fourth-order valence-electron chi connectivity index (χ4n) is 1.70. The Bertz CT molecular complexity index is 729. The van der Waals surface area contributed by atoms with Gasteiger partial charge in [-0.25, -0.2) is 0 Å². The number of rotatable bonds is 2. The van der Waals surface area contributed by atoms with Crippen LogP contribution in [0.25, 0.3) is 0 Å². The van der Waals surface area contributed by atoms with Crippen molar-refractivity contribution in [1.29, 1.82) is 0 Å². The molecule has 0 fully saturated rings. The number of carbonyl (C=O) groups is 1. The average Bonchev–Trinajstić information content (AvgIpc) is 2.49. The van der Waals surface area contributed by atoms with Crippen molar-refractivity contribution in [1.82, 2.24) is 0 Å². The van der Waals surface area contributed by atoms with E-state index >= 15 is 0 Å². The highest BCUT2D eigenvalue weighted by atomic mass is 16.3. The fraction of sp³-hybridized carbons (Fsp3) is 0.0625. The third kappa shape index (κ3) is 3.53. The van der Waals surface area contributed by atoms with Gasteiger partial charge < -0.3 is 20.6 Å². The Morgan fingerprint density at radius 1 is 1.10 bits per heavy atom. The zero-order valence-corrected chi connectivity index (χ0v) is 11.0. The summed E-state index contributed by atoms with van der Waals surface area (Å²) in [5.74, 6) is 4.15. The molecule has 5 heteroatoms. The van der Waals surface area contributed by atoms with E-state index < -0.39 is 5.91 Å². The molecule has 0 saturated heterocycles. The molecule has 0 radical (unpaired) electrons. The largest absolute Gasteiger partial charge is 0.504 e. The first kappa shape index (κ1) is 14.4. The smallest absolute Gasteiger partial charge is 0.255 e. The highest BCUT2D eigenvalue weighted by Crippen LogP contribution is 2.25. The third-order valence-electron chi connectivity index (χ3n) is 2.71. The van der Waals surface area contributed by atoms with Crippen LogP contribution in [0.5, 0.6) is 11.5 Å². The van der Waals surface area contributed by atoms with Crippen LogP contribution in [0.15, 0.2) is 42.5 Å². The number of para-hydroxylation sites is 1. The van der Waals surface area contributed by atoms with Gasteiger partial charge in [-0.05, 0) is 30.3 Å². The Morgan fingerprint density at radius 3 is 2.57 bits per heavy atom. The molecule has 5 nitrogen and oxygen atoms in total. The lowest BCUT2D eigenvalue weighted by Gasteiger charge is -2.08. The average molecular weight is 283 g/mol. The summed E-state index contributed by atoms with van der Waals surface area (Å²) in [6.45, 7) is -0.270. The van der Waals surface area contributed by atoms with Crippen LogP contribution in [0.2, 0.25) is 0 Å². The summed E-state index contributed by atoms with van der Waals surface area (Å²) in [6, 6.07) is 10.7. The number of phenolic OH excluding ortho intramolecular Hbond substituents is 2. The van der Waals surface area contributed by atoms with Crippen LogP contribution in [0.1, 0.15) is 15.9 Å². The minimum absolute atomic E-state index is 0.204. The van der Waals surface area contributed by atoms with Gasteiger partial charge in [0.25, 0.3) is 5.91 Å². The van der Waals surface area contributed by atoms with Gasteiger partial charge in [0.2, 0.25) is 0 Å². The van der Waals surface area contributed by atoms with Crippen molar-refractivity contribution in [3.63, 3.8) is 0 Å². The third-order valence-corrected chi connectivity index (χ3v) is 2.71. The number of amides is 1. The Labute approximate surface area is 121 Å². The van der Waals surface area contributed by atoms with Gasteiger partial charge >= 0.3 is 0 Å². The van der Waals surface area contributed by atoms with E-state index in [0.29, 0.717) is 11.3 Å². The van der Waals surface area contributed by atoms with E-state index in [-0.39, 0.29) is 23.7 Å². The number of anilines is 1. The van der Waals surface area contributed by atoms with Crippen molar-refractivity contribution in [3.8, 4) is 23.3 Å². The molecule has 0 aliphatic rings. The number of aliphatic hydroxyl groups excluding tert-OH is 1. The number of aliphatic hydroxyl groups is 1. The van der Waals surface area contributed by atoms with E-state index in [4.69, 9.17) is 5.11 Å². The molecule has 0 atom stereocenters. The van der Waals surface area contributed by atoms with Gasteiger partial charge in [-0.3, -0.25) is 4.79 Å². The van der Waals surface area contributed by atoms with E-state index in [2.05, 4.69) is 17.2 Å². The van der Waals surface area contributed by atoms with Gasteiger partial charge in [-0.15, -0.1) is 0 Å². The Balaban J connectivity index is 2.25. The number of benzene rings is 2. The molecule has 0 aliphatic heterocycles. The molecule has 4 N–H and O–H groups in total. The molecule has 0 aromatic heterocycles. The second-order valence-corrected chi connectivity index (χ2v) is 4.16. The van der Waals surface area contributed by atoms with Gasteiger partial charge in [0.05, 0.1) is 5.69 Å². The van der Waals surface area contributed by atoms with Crippen molar-refractivity contribution in [2.75, 3.05) is 11.9 Å². The lowest BCUT2D eigenvalue weighted by molar-refractivity contribution is 0.102. The summed E-state index contributed by atoms with van der Waals surface area (Å²) in [6.07, 6.45) is 0. The van der Waals surface area contributed by atoms with Crippen LogP contribution < -0.4 is 5.32 Å². The van der Waals surface area contributed by atoms with E-state index in [1.807, 2.05) is 0 Å². The SMILES string of the molecule is O=C(Nc1ccccc1C#CCO)c1ccc(O)c(O)c1. The maximum Gasteiger partial charge on any atom is 0.255 e. The lowest BCUT2D eigenvalue weighted by Crippen LogP contribution is -2.12. The van der Waals surface area contributed by atoms with Crippen molar-refractivity contribution in [3.05, 3.63) is 53.6 Å². The van der Waals surface area contributed by atoms with Crippen LogP contribution in [0.4, 0.5) is 5.69 Å². The Morgan fingerprint density at radius 2 is 1.86 bits per heavy atom. The van der Waals surface area contributed by atoms with Crippen LogP contribution in [-0.2, 0) is 0 Å². The number of nitrogens with one attached hydrogen (secondary N) is 1. The minimum atomic E-state index is -0.441. The second-order valence-electron chi connectivity index (χ2n) is 4.16. The first-order valence-corrected chi connectivity index (χ1v) is 6.14. The molecule has 2 aromatic rings. The van der Waals surface area contributed by atoms with Crippen LogP contribution in [-0.4, -0.2) is 27.8 Å². The standard InChI is InChI=1S/C16H13NO4/c18-9-3-5-11-4-1-2-6-13(11)17-16(21)12-7-8-14(19)15(20)10-12/h1-2,4,6-8,10,18-20H,9H2,(H,17,21). The van der Waals surface area contributed by atoms with Crippen molar-refractivity contribution in [2.24, 2.45) is 0 Å². The van der Waals surface area contributed by atoms with Crippen LogP contribution in [0.3, 0.4) is 0 Å². The zero-order valence-electron chi connectivity index (χ0n) is 11.0. The zero-order chi connectivity index (χ0) is 15.2. The second kappa shape index (κ2) is 6.46. The molecule has 2 aromatic carbocycles. The van der Waals surface area contributed by atoms with Gasteiger partial charge in [0.1, 0.15) is 6.61 Å². The molecule has 0 spiro atoms. The monoisotopic (exact) mass is 283 g/mol. The molecule has 0 bridgehead atoms. The summed E-state index contributed by atoms with van der Waals surface area (Å²) in [4.78, 5) is 12.1. The van der Waals surface area contributed by atoms with Crippen molar-refractivity contribution in [2.45, 2.75) is 0 Å². The quantitative estimate of drug-likeness (QED) is 0.499. The topological polar surface area (TPSA) is 89.8 Å². The highest BCUT2D eigenvalue weighted by molar-refractivity contribution is 6.05. The summed E-state index contributed by atoms with van der Waals surface area (Å²) < 4.78 is 0. The first-order valence-electron chi connectivity index (χ1n) is 6.14. The van der Waals surface area contributed by atoms with Crippen molar-refractivity contribution < 1.29 is 20.1 Å². The molecular weight excluding hydrogens is 270 g/mol. The molecule has 1 amide bonds. The number of hydrogen-bond donors (Lipinski definition) is 4. The first-order chi connectivity index (χ1) is 10.1. The van der Waals surface area contributed by atoms with Gasteiger partial charge in [-0.1, -0.05) is 24.0 Å². The maximum atomic E-state index is 12.1. The van der Waals surface area contributed by atoms with Gasteiger partial charge in [0, 0.05) is 11.1 Å². The van der Waals surface area contributed by atoms with E-state index in [9.17, 15) is 15.0 Å². The molecule has 0 saturated carbocycles. The normalized spacial score (nSPS) is 9.57. The number of hydrogen-bond acceptors (Lipinski definition) is 4. The molecule has 0 unspecified atom stereocenters. The lowest BCUT2D eigenvalue weighted by atomic mass is 10.1. The Hall–Kier alpha value is -2.97.